The van der Waals surface area contributed by atoms with Crippen LogP contribution in [-0.4, -0.2) is 38.7 Å². The molecule has 1 saturated heterocycles. The Labute approximate surface area is 67.6 Å². The average Bonchev–Trinajstić information content (AvgIpc) is 1.80. The Morgan fingerprint density at radius 2 is 2.00 bits per heavy atom. The van der Waals surface area contributed by atoms with Gasteiger partial charge in [-0.3, -0.25) is 0 Å². The molecule has 1 rings (SSSR count). The van der Waals surface area contributed by atoms with Crippen molar-refractivity contribution in [2.75, 3.05) is 20.1 Å². The summed E-state index contributed by atoms with van der Waals surface area (Å²) in [5.74, 6) is 0. The molecule has 0 atom stereocenters. The maximum Gasteiger partial charge on any atom is 0.179 e. The molecule has 0 bridgehead atoms. The lowest BCUT2D eigenvalue weighted by Crippen LogP contribution is -2.52. The maximum absolute atomic E-state index is 11.3. The van der Waals surface area contributed by atoms with Crippen molar-refractivity contribution in [3.8, 4) is 0 Å². The zero-order valence-corrected chi connectivity index (χ0v) is 7.69. The number of likely N-dealkylation sites (tertiary alicyclic amines) is 1. The molecule has 0 spiro atoms. The third-order valence-corrected chi connectivity index (χ3v) is 4.10. The van der Waals surface area contributed by atoms with E-state index in [9.17, 15) is 8.42 Å². The van der Waals surface area contributed by atoms with Crippen LogP contribution in [0.5, 0.6) is 0 Å². The molecule has 64 valence electrons. The van der Waals surface area contributed by atoms with Crippen molar-refractivity contribution < 1.29 is 8.42 Å². The van der Waals surface area contributed by atoms with E-state index < -0.39 is 9.84 Å². The van der Waals surface area contributed by atoms with Crippen LogP contribution in [0.2, 0.25) is 0 Å². The van der Waals surface area contributed by atoms with E-state index in [0.717, 1.165) is 0 Å². The van der Waals surface area contributed by atoms with Crippen molar-refractivity contribution in [1.29, 1.82) is 0 Å². The van der Waals surface area contributed by atoms with Crippen molar-refractivity contribution in [2.24, 2.45) is 0 Å². The summed E-state index contributed by atoms with van der Waals surface area (Å²) in [4.78, 5) is 2.26. The monoisotopic (exact) mass is 175 g/mol. The topological polar surface area (TPSA) is 37.4 Å². The molecular formula is C7H13NO2S. The van der Waals surface area contributed by atoms with Crippen LogP contribution in [-0.2, 0) is 9.84 Å². The van der Waals surface area contributed by atoms with E-state index in [0.29, 0.717) is 13.1 Å². The summed E-state index contributed by atoms with van der Waals surface area (Å²) in [5, 5.41) is -0.204. The van der Waals surface area contributed by atoms with E-state index in [1.54, 1.807) is 6.92 Å². The Morgan fingerprint density at radius 1 is 1.55 bits per heavy atom. The standard InChI is InChI=1S/C7H13NO2S/c1-6(2)11(9,10)7-4-8(3)5-7/h7H,1,4-5H2,2-3H3. The van der Waals surface area contributed by atoms with Crippen molar-refractivity contribution in [1.82, 2.24) is 4.90 Å². The molecule has 3 nitrogen and oxygen atoms in total. The second-order valence-corrected chi connectivity index (χ2v) is 5.54. The summed E-state index contributed by atoms with van der Waals surface area (Å²) < 4.78 is 22.7. The average molecular weight is 175 g/mol. The summed E-state index contributed by atoms with van der Waals surface area (Å²) >= 11 is 0. The Bertz CT molecular complexity index is 262. The fourth-order valence-electron chi connectivity index (χ4n) is 1.12. The van der Waals surface area contributed by atoms with Crippen molar-refractivity contribution in [3.05, 3.63) is 11.5 Å². The van der Waals surface area contributed by atoms with E-state index in [-0.39, 0.29) is 10.2 Å². The first-order valence-electron chi connectivity index (χ1n) is 3.52. The number of sulfone groups is 1. The first-order chi connectivity index (χ1) is 4.94. The van der Waals surface area contributed by atoms with Crippen LogP contribution in [0.25, 0.3) is 0 Å². The molecule has 1 aliphatic rings. The fourth-order valence-corrected chi connectivity index (χ4v) is 2.59. The summed E-state index contributed by atoms with van der Waals surface area (Å²) in [6.45, 7) is 6.29. The minimum Gasteiger partial charge on any atom is -0.304 e. The molecule has 4 heteroatoms. The van der Waals surface area contributed by atoms with Crippen LogP contribution in [0.15, 0.2) is 11.5 Å². The number of hydrogen-bond donors (Lipinski definition) is 0. The van der Waals surface area contributed by atoms with Crippen LogP contribution in [0.3, 0.4) is 0 Å². The van der Waals surface area contributed by atoms with Crippen LogP contribution >= 0.6 is 0 Å². The normalized spacial score (nSPS) is 21.3. The number of allylic oxidation sites excluding steroid dienone is 1. The molecule has 1 fully saturated rings. The number of nitrogens with zero attached hydrogens (tertiary/aromatic N) is 1. The van der Waals surface area contributed by atoms with E-state index in [1.807, 2.05) is 11.9 Å². The SMILES string of the molecule is C=C(C)S(=O)(=O)C1CN(C)C1. The predicted octanol–water partition coefficient (Wildman–Crippen LogP) is 0.249. The minimum absolute atomic E-state index is 0.204. The van der Waals surface area contributed by atoms with Gasteiger partial charge in [-0.2, -0.15) is 0 Å². The lowest BCUT2D eigenvalue weighted by Gasteiger charge is -2.35. The minimum atomic E-state index is -3.01. The van der Waals surface area contributed by atoms with E-state index in [4.69, 9.17) is 0 Å². The Hall–Kier alpha value is -0.350. The number of hydrogen-bond acceptors (Lipinski definition) is 3. The van der Waals surface area contributed by atoms with Gasteiger partial charge in [0, 0.05) is 18.0 Å². The van der Waals surface area contributed by atoms with E-state index >= 15 is 0 Å². The molecule has 1 heterocycles. The molecule has 0 aliphatic carbocycles. The maximum atomic E-state index is 11.3. The van der Waals surface area contributed by atoms with E-state index in [2.05, 4.69) is 6.58 Å². The highest BCUT2D eigenvalue weighted by molar-refractivity contribution is 7.95. The summed E-state index contributed by atoms with van der Waals surface area (Å²) in [5.41, 5.74) is 0. The van der Waals surface area contributed by atoms with Gasteiger partial charge in [-0.1, -0.05) is 6.58 Å². The number of rotatable bonds is 2. The van der Waals surface area contributed by atoms with Crippen molar-refractivity contribution >= 4 is 9.84 Å². The van der Waals surface area contributed by atoms with Crippen LogP contribution in [0.1, 0.15) is 6.92 Å². The lowest BCUT2D eigenvalue weighted by atomic mass is 10.2. The summed E-state index contributed by atoms with van der Waals surface area (Å²) in [6, 6.07) is 0. The second-order valence-electron chi connectivity index (χ2n) is 3.09. The van der Waals surface area contributed by atoms with Gasteiger partial charge < -0.3 is 4.90 Å². The molecule has 0 amide bonds. The van der Waals surface area contributed by atoms with Gasteiger partial charge in [-0.15, -0.1) is 0 Å². The van der Waals surface area contributed by atoms with Gasteiger partial charge in [0.15, 0.2) is 9.84 Å². The van der Waals surface area contributed by atoms with Gasteiger partial charge in [0.05, 0.1) is 5.25 Å². The summed E-state index contributed by atoms with van der Waals surface area (Å²) in [6.07, 6.45) is 0. The Kier molecular flexibility index (Phi) is 2.07. The quantitative estimate of drug-likeness (QED) is 0.603. The first kappa shape index (κ1) is 8.74. The molecule has 0 radical (unpaired) electrons. The van der Waals surface area contributed by atoms with Crippen molar-refractivity contribution in [3.63, 3.8) is 0 Å². The molecule has 0 saturated carbocycles. The van der Waals surface area contributed by atoms with Gasteiger partial charge in [0.1, 0.15) is 0 Å². The fraction of sp³-hybridized carbons (Fsp3) is 0.714. The van der Waals surface area contributed by atoms with Crippen LogP contribution < -0.4 is 0 Å². The van der Waals surface area contributed by atoms with Crippen molar-refractivity contribution in [2.45, 2.75) is 12.2 Å². The molecule has 0 aromatic carbocycles. The van der Waals surface area contributed by atoms with Crippen LogP contribution in [0, 0.1) is 0 Å². The van der Waals surface area contributed by atoms with Crippen LogP contribution in [0.4, 0.5) is 0 Å². The molecule has 0 aromatic rings. The largest absolute Gasteiger partial charge is 0.304 e. The lowest BCUT2D eigenvalue weighted by molar-refractivity contribution is 0.232. The van der Waals surface area contributed by atoms with Gasteiger partial charge in [-0.25, -0.2) is 8.42 Å². The zero-order chi connectivity index (χ0) is 8.65. The zero-order valence-electron chi connectivity index (χ0n) is 6.87. The Balaban J connectivity index is 2.69. The highest BCUT2D eigenvalue weighted by Crippen LogP contribution is 2.19. The predicted molar refractivity (Wildman–Crippen MR) is 45.0 cm³/mol. The third kappa shape index (κ3) is 1.46. The molecule has 0 N–H and O–H groups in total. The molecule has 0 unspecified atom stereocenters. The highest BCUT2D eigenvalue weighted by atomic mass is 32.2. The van der Waals surface area contributed by atoms with Gasteiger partial charge in [0.2, 0.25) is 0 Å². The first-order valence-corrected chi connectivity index (χ1v) is 5.07. The van der Waals surface area contributed by atoms with Gasteiger partial charge in [-0.05, 0) is 14.0 Å². The highest BCUT2D eigenvalue weighted by Gasteiger charge is 2.35. The van der Waals surface area contributed by atoms with E-state index in [1.165, 1.54) is 0 Å². The molecule has 11 heavy (non-hydrogen) atoms. The molecule has 1 aliphatic heterocycles. The third-order valence-electron chi connectivity index (χ3n) is 1.96. The smallest absolute Gasteiger partial charge is 0.179 e. The summed E-state index contributed by atoms with van der Waals surface area (Å²) in [7, 11) is -1.10. The molecule has 0 aromatic heterocycles. The van der Waals surface area contributed by atoms with Gasteiger partial charge in [0.25, 0.3) is 0 Å². The Morgan fingerprint density at radius 3 is 2.27 bits per heavy atom. The van der Waals surface area contributed by atoms with Gasteiger partial charge >= 0.3 is 0 Å². The second kappa shape index (κ2) is 2.60. The molecular weight excluding hydrogens is 162 g/mol.